The minimum atomic E-state index is -3.48. The molecule has 6 heteroatoms. The number of aromatic nitrogens is 2. The van der Waals surface area contributed by atoms with Crippen molar-refractivity contribution in [2.45, 2.75) is 10.8 Å². The SMILES string of the molecule is O=P(c1ccccc1)(c1ccc(-c2ccc3c(c2)Oc2ccc(-c4cccc(-c5ccc(-c6nc(-c7ccccc7)c7ccccc7n6)cc5)c4)cc2C32c3ccccc3-c3ccccc32)cc1)c1cccc(-c2ccc3c(c2)C2(c4ccccc4O3)c3ccccc3-c3ccccc32)c1. The molecule has 2 spiro atoms. The van der Waals surface area contributed by atoms with Crippen molar-refractivity contribution >= 4 is 34.0 Å². The predicted octanol–water partition coefficient (Wildman–Crippen LogP) is 22.2. The number of para-hydroxylation sites is 2. The van der Waals surface area contributed by atoms with Gasteiger partial charge in [-0.25, -0.2) is 9.97 Å². The van der Waals surface area contributed by atoms with Crippen LogP contribution in [0.3, 0.4) is 0 Å². The molecule has 100 heavy (non-hydrogen) atoms. The molecule has 15 aromatic carbocycles. The molecule has 4 aliphatic rings. The van der Waals surface area contributed by atoms with Crippen LogP contribution in [0.2, 0.25) is 0 Å². The third-order valence-electron chi connectivity index (χ3n) is 21.3. The second kappa shape index (κ2) is 22.5. The summed E-state index contributed by atoms with van der Waals surface area (Å²) in [5.41, 5.74) is 25.1. The number of ether oxygens (including phenoxy) is 2. The summed E-state index contributed by atoms with van der Waals surface area (Å²) in [7, 11) is -3.48. The van der Waals surface area contributed by atoms with E-state index in [1.54, 1.807) is 0 Å². The van der Waals surface area contributed by atoms with Gasteiger partial charge in [-0.2, -0.15) is 0 Å². The van der Waals surface area contributed by atoms with E-state index in [1.807, 2.05) is 54.6 Å². The van der Waals surface area contributed by atoms with Crippen LogP contribution in [0, 0.1) is 0 Å². The van der Waals surface area contributed by atoms with E-state index in [4.69, 9.17) is 19.4 Å². The second-order valence-corrected chi connectivity index (χ2v) is 29.3. The van der Waals surface area contributed by atoms with Crippen LogP contribution < -0.4 is 25.4 Å². The van der Waals surface area contributed by atoms with Crippen LogP contribution in [-0.2, 0) is 15.4 Å². The average molecular weight is 1300 g/mol. The van der Waals surface area contributed by atoms with Crippen molar-refractivity contribution in [3.8, 4) is 112 Å². The molecule has 2 aliphatic heterocycles. The molecular weight excluding hydrogens is 1240 g/mol. The van der Waals surface area contributed by atoms with Crippen LogP contribution in [0.15, 0.2) is 358 Å². The fourth-order valence-electron chi connectivity index (χ4n) is 16.8. The highest BCUT2D eigenvalue weighted by Gasteiger charge is 2.53. The van der Waals surface area contributed by atoms with Gasteiger partial charge in [-0.1, -0.05) is 303 Å². The summed E-state index contributed by atoms with van der Waals surface area (Å²) >= 11 is 0. The molecule has 2 aliphatic carbocycles. The van der Waals surface area contributed by atoms with Gasteiger partial charge in [0.1, 0.15) is 23.0 Å². The van der Waals surface area contributed by atoms with Crippen LogP contribution in [0.4, 0.5) is 0 Å². The summed E-state index contributed by atoms with van der Waals surface area (Å²) in [5.74, 6) is 3.97. The fraction of sp³-hybridized carbons (Fsp3) is 0.0213. The normalized spacial score (nSPS) is 14.0. The Labute approximate surface area is 580 Å². The van der Waals surface area contributed by atoms with Gasteiger partial charge in [0, 0.05) is 54.7 Å². The first-order valence-corrected chi connectivity index (χ1v) is 35.8. The van der Waals surface area contributed by atoms with Crippen molar-refractivity contribution in [2.24, 2.45) is 0 Å². The molecular formula is C94H59N2O3P. The average Bonchev–Trinajstić information content (AvgIpc) is 1.49. The summed E-state index contributed by atoms with van der Waals surface area (Å²) in [4.78, 5) is 10.2. The Bertz CT molecular complexity index is 5990. The number of rotatable bonds is 9. The molecule has 5 nitrogen and oxygen atoms in total. The van der Waals surface area contributed by atoms with E-state index in [1.165, 1.54) is 44.5 Å². The molecule has 20 rings (SSSR count). The van der Waals surface area contributed by atoms with Gasteiger partial charge in [0.2, 0.25) is 0 Å². The Balaban J connectivity index is 0.647. The first kappa shape index (κ1) is 57.7. The summed E-state index contributed by atoms with van der Waals surface area (Å²) in [6.45, 7) is 0. The number of fused-ring (bicyclic) bond motifs is 19. The smallest absolute Gasteiger partial charge is 0.171 e. The van der Waals surface area contributed by atoms with Crippen molar-refractivity contribution < 1.29 is 14.0 Å². The van der Waals surface area contributed by atoms with E-state index < -0.39 is 18.0 Å². The Morgan fingerprint density at radius 3 is 1.24 bits per heavy atom. The van der Waals surface area contributed by atoms with Crippen molar-refractivity contribution in [1.29, 1.82) is 0 Å². The molecule has 468 valence electrons. The van der Waals surface area contributed by atoms with E-state index >= 15 is 4.57 Å². The molecule has 0 fully saturated rings. The maximum atomic E-state index is 16.6. The summed E-state index contributed by atoms with van der Waals surface area (Å²) in [5, 5.41) is 3.30. The zero-order chi connectivity index (χ0) is 66.1. The highest BCUT2D eigenvalue weighted by atomic mass is 31.2. The standard InChI is InChI=1S/C94H59N2O3P/c97-100(70-26-5-2-6-27-70,72-28-20-25-66(56-72)68-49-53-88-84(58-68)93(82-38-16-18-40-87(82)98-88)78-34-12-7-29-73(78)74-30-8-13-35-79(74)93)71-50-45-61(46-51-71)69-47-52-83-90(59-69)99-89-54-48-67(57-85(89)94(83)80-36-14-9-31-75(80)76-32-10-15-37-81(76)94)65-24-19-23-64(55-65)60-41-43-63(44-42-60)92-95-86-39-17-11-33-77(86)91(96-92)62-21-3-1-4-22-62/h1-59H. The molecule has 0 N–H and O–H groups in total. The lowest BCUT2D eigenvalue weighted by atomic mass is 9.65. The molecule has 0 bridgehead atoms. The molecule has 1 aromatic heterocycles. The third-order valence-corrected chi connectivity index (χ3v) is 24.4. The van der Waals surface area contributed by atoms with Gasteiger partial charge < -0.3 is 14.0 Å². The first-order valence-electron chi connectivity index (χ1n) is 34.1. The molecule has 0 amide bonds. The maximum absolute atomic E-state index is 16.6. The van der Waals surface area contributed by atoms with Crippen LogP contribution in [0.1, 0.15) is 44.5 Å². The number of hydrogen-bond acceptors (Lipinski definition) is 5. The largest absolute Gasteiger partial charge is 0.457 e. The van der Waals surface area contributed by atoms with Gasteiger partial charge in [-0.3, -0.25) is 0 Å². The maximum Gasteiger partial charge on any atom is 0.171 e. The van der Waals surface area contributed by atoms with E-state index in [0.29, 0.717) is 5.82 Å². The Morgan fingerprint density at radius 2 is 0.630 bits per heavy atom. The minimum Gasteiger partial charge on any atom is -0.457 e. The number of nitrogens with zero attached hydrogens (tertiary/aromatic N) is 2. The molecule has 0 saturated carbocycles. The quantitative estimate of drug-likeness (QED) is 0.135. The molecule has 3 heterocycles. The number of hydrogen-bond donors (Lipinski definition) is 0. The summed E-state index contributed by atoms with van der Waals surface area (Å²) in [6.07, 6.45) is 0. The lowest BCUT2D eigenvalue weighted by molar-refractivity contribution is 0.436. The van der Waals surface area contributed by atoms with Crippen LogP contribution in [0.25, 0.3) is 100 Å². The van der Waals surface area contributed by atoms with Crippen molar-refractivity contribution in [3.63, 3.8) is 0 Å². The van der Waals surface area contributed by atoms with Gasteiger partial charge in [0.05, 0.1) is 22.0 Å². The highest BCUT2D eigenvalue weighted by molar-refractivity contribution is 7.85. The minimum absolute atomic E-state index is 0.613. The Kier molecular flexibility index (Phi) is 13.0. The molecule has 0 saturated heterocycles. The topological polar surface area (TPSA) is 61.3 Å². The number of benzene rings is 15. The second-order valence-electron chi connectivity index (χ2n) is 26.5. The lowest BCUT2D eigenvalue weighted by Gasteiger charge is -2.40. The van der Waals surface area contributed by atoms with E-state index in [0.717, 1.165) is 133 Å². The van der Waals surface area contributed by atoms with Gasteiger partial charge in [-0.15, -0.1) is 0 Å². The Hall–Kier alpha value is -12.5. The van der Waals surface area contributed by atoms with Gasteiger partial charge in [-0.05, 0) is 144 Å². The Morgan fingerprint density at radius 1 is 0.240 bits per heavy atom. The van der Waals surface area contributed by atoms with Gasteiger partial charge in [0.25, 0.3) is 0 Å². The van der Waals surface area contributed by atoms with Gasteiger partial charge >= 0.3 is 0 Å². The fourth-order valence-corrected chi connectivity index (χ4v) is 19.5. The van der Waals surface area contributed by atoms with Crippen molar-refractivity contribution in [2.75, 3.05) is 0 Å². The highest BCUT2D eigenvalue weighted by Crippen LogP contribution is 2.65. The van der Waals surface area contributed by atoms with E-state index in [9.17, 15) is 0 Å². The van der Waals surface area contributed by atoms with E-state index in [-0.39, 0.29) is 0 Å². The van der Waals surface area contributed by atoms with Crippen LogP contribution in [0.5, 0.6) is 23.0 Å². The predicted molar refractivity (Wildman–Crippen MR) is 406 cm³/mol. The first-order chi connectivity index (χ1) is 49.4. The zero-order valence-electron chi connectivity index (χ0n) is 54.1. The van der Waals surface area contributed by atoms with Crippen molar-refractivity contribution in [1.82, 2.24) is 9.97 Å². The van der Waals surface area contributed by atoms with E-state index in [2.05, 4.69) is 303 Å². The third kappa shape index (κ3) is 8.59. The molecule has 1 unspecified atom stereocenters. The molecule has 1 atom stereocenters. The molecule has 0 radical (unpaired) electrons. The zero-order valence-corrected chi connectivity index (χ0v) is 55.0. The summed E-state index contributed by atoms with van der Waals surface area (Å²) < 4.78 is 30.7. The van der Waals surface area contributed by atoms with Gasteiger partial charge in [0.15, 0.2) is 13.0 Å². The van der Waals surface area contributed by atoms with Crippen LogP contribution in [-0.4, -0.2) is 9.97 Å². The molecule has 16 aromatic rings. The van der Waals surface area contributed by atoms with Crippen molar-refractivity contribution in [3.05, 3.63) is 402 Å². The monoisotopic (exact) mass is 1290 g/mol. The van der Waals surface area contributed by atoms with Crippen LogP contribution >= 0.6 is 7.14 Å². The summed E-state index contributed by atoms with van der Waals surface area (Å²) in [6, 6.07) is 127. The lowest BCUT2D eigenvalue weighted by Crippen LogP contribution is -2.32.